The number of hydrogen-bond donors (Lipinski definition) is 0. The first-order chi connectivity index (χ1) is 10.4. The monoisotopic (exact) mass is 356 g/mol. The van der Waals surface area contributed by atoms with E-state index in [0.29, 0.717) is 48.5 Å². The topological polar surface area (TPSA) is 17.1 Å². The summed E-state index contributed by atoms with van der Waals surface area (Å²) in [6.45, 7) is 0. The van der Waals surface area contributed by atoms with Gasteiger partial charge in [0.1, 0.15) is 0 Å². The summed E-state index contributed by atoms with van der Waals surface area (Å²) in [6.07, 6.45) is -9.26. The van der Waals surface area contributed by atoms with Crippen molar-refractivity contribution in [2.24, 2.45) is 0 Å². The summed E-state index contributed by atoms with van der Waals surface area (Å²) >= 11 is 0. The van der Waals surface area contributed by atoms with Gasteiger partial charge < -0.3 is 0 Å². The van der Waals surface area contributed by atoms with Crippen LogP contribution in [0.4, 0.5) is 30.5 Å². The van der Waals surface area contributed by atoms with Crippen LogP contribution in [-0.4, -0.2) is 0 Å². The molecule has 2 aromatic rings. The van der Waals surface area contributed by atoms with E-state index in [0.717, 1.165) is 0 Å². The quantitative estimate of drug-likeness (QED) is 0.551. The van der Waals surface area contributed by atoms with Crippen LogP contribution >= 0.6 is 7.45 Å². The Morgan fingerprint density at radius 2 is 0.870 bits per heavy atom. The molecule has 0 saturated carbocycles. The van der Waals surface area contributed by atoms with Gasteiger partial charge in [0.25, 0.3) is 7.45 Å². The fourth-order valence-corrected chi connectivity index (χ4v) is 3.20. The van der Waals surface area contributed by atoms with Crippen LogP contribution in [0.3, 0.4) is 0 Å². The Bertz CT molecular complexity index is 668. The molecule has 0 N–H and O–H groups in total. The second kappa shape index (κ2) is 5.67. The number of benzene rings is 2. The summed E-state index contributed by atoms with van der Waals surface area (Å²) in [6, 6.07) is 5.08. The normalized spacial score (nSPS) is 13.2. The Morgan fingerprint density at radius 1 is 0.609 bits per heavy atom. The minimum absolute atomic E-state index is 0.523. The Labute approximate surface area is 126 Å². The molecule has 0 bridgehead atoms. The lowest BCUT2D eigenvalue weighted by molar-refractivity contribution is -0.138. The Morgan fingerprint density at radius 3 is 1.09 bits per heavy atom. The van der Waals surface area contributed by atoms with Crippen molar-refractivity contribution in [3.8, 4) is 0 Å². The third-order valence-electron chi connectivity index (χ3n) is 3.05. The van der Waals surface area contributed by atoms with Crippen molar-refractivity contribution in [2.45, 2.75) is 12.4 Å². The van der Waals surface area contributed by atoms with Gasteiger partial charge in [-0.15, -0.1) is 0 Å². The highest BCUT2D eigenvalue weighted by Crippen LogP contribution is 2.45. The molecule has 0 aliphatic rings. The molecule has 0 radical (unpaired) electrons. The lowest BCUT2D eigenvalue weighted by atomic mass is 10.2. The van der Waals surface area contributed by atoms with Gasteiger partial charge in [0, 0.05) is 10.6 Å². The van der Waals surface area contributed by atoms with Crippen LogP contribution in [0.2, 0.25) is 0 Å². The third-order valence-corrected chi connectivity index (χ3v) is 4.98. The zero-order valence-electron chi connectivity index (χ0n) is 11.1. The van der Waals surface area contributed by atoms with E-state index in [2.05, 4.69) is 0 Å². The molecular formula is C14H8F7OP. The summed E-state index contributed by atoms with van der Waals surface area (Å²) in [5.41, 5.74) is -2.10. The average Bonchev–Trinajstić information content (AvgIpc) is 2.46. The van der Waals surface area contributed by atoms with Crippen LogP contribution in [0.1, 0.15) is 11.1 Å². The molecule has 0 heterocycles. The van der Waals surface area contributed by atoms with Gasteiger partial charge in [-0.1, -0.05) is 0 Å². The number of alkyl halides is 6. The summed E-state index contributed by atoms with van der Waals surface area (Å²) in [5, 5.41) is -1.05. The maximum Gasteiger partial charge on any atom is 0.416 e. The van der Waals surface area contributed by atoms with Crippen molar-refractivity contribution in [1.82, 2.24) is 0 Å². The van der Waals surface area contributed by atoms with Crippen molar-refractivity contribution in [3.05, 3.63) is 59.7 Å². The van der Waals surface area contributed by atoms with Crippen molar-refractivity contribution in [3.63, 3.8) is 0 Å². The van der Waals surface area contributed by atoms with Crippen molar-refractivity contribution in [1.29, 1.82) is 0 Å². The molecule has 0 aliphatic carbocycles. The maximum absolute atomic E-state index is 14.4. The molecule has 0 saturated heterocycles. The summed E-state index contributed by atoms with van der Waals surface area (Å²) in [7, 11) is -4.78. The average molecular weight is 356 g/mol. The Kier molecular flexibility index (Phi) is 4.32. The molecule has 124 valence electrons. The number of hydrogen-bond acceptors (Lipinski definition) is 1. The van der Waals surface area contributed by atoms with E-state index < -0.39 is 41.5 Å². The van der Waals surface area contributed by atoms with Gasteiger partial charge in [-0.25, -0.2) is 0 Å². The molecule has 0 amide bonds. The van der Waals surface area contributed by atoms with Crippen molar-refractivity contribution >= 4 is 18.1 Å². The molecule has 2 aromatic carbocycles. The fourth-order valence-electron chi connectivity index (χ4n) is 1.83. The minimum atomic E-state index is -4.78. The molecule has 0 unspecified atom stereocenters. The van der Waals surface area contributed by atoms with E-state index >= 15 is 0 Å². The smallest absolute Gasteiger partial charge is 0.277 e. The predicted molar refractivity (Wildman–Crippen MR) is 70.9 cm³/mol. The zero-order chi connectivity index (χ0) is 17.5. The summed E-state index contributed by atoms with van der Waals surface area (Å²) in [4.78, 5) is 0. The zero-order valence-corrected chi connectivity index (χ0v) is 12.0. The Hall–Kier alpha value is -1.82. The standard InChI is InChI=1S/C14H8F7OP/c15-13(16,17)9-1-5-11(6-2-9)23(21,22)12-7-3-10(4-8-12)14(18,19)20/h1-8H. The first kappa shape index (κ1) is 17.5. The first-order valence-corrected chi connectivity index (χ1v) is 7.67. The van der Waals surface area contributed by atoms with Crippen LogP contribution in [0, 0.1) is 0 Å². The molecule has 0 aliphatic heterocycles. The van der Waals surface area contributed by atoms with Crippen molar-refractivity contribution < 1.29 is 35.1 Å². The number of halogens is 7. The molecule has 0 atom stereocenters. The molecule has 9 heteroatoms. The molecule has 0 fully saturated rings. The largest absolute Gasteiger partial charge is 0.416 e. The number of rotatable bonds is 2. The van der Waals surface area contributed by atoms with E-state index in [4.69, 9.17) is 0 Å². The van der Waals surface area contributed by atoms with Gasteiger partial charge in [-0.3, -0.25) is 4.57 Å². The minimum Gasteiger partial charge on any atom is -0.277 e. The Balaban J connectivity index is 2.36. The molecule has 2 rings (SSSR count). The molecule has 0 aromatic heterocycles. The van der Waals surface area contributed by atoms with Crippen LogP contribution in [0.15, 0.2) is 48.5 Å². The summed E-state index contributed by atoms with van der Waals surface area (Å²) in [5.74, 6) is 0. The van der Waals surface area contributed by atoms with Crippen LogP contribution < -0.4 is 10.6 Å². The highest BCUT2D eigenvalue weighted by molar-refractivity contribution is 7.74. The van der Waals surface area contributed by atoms with E-state index in [9.17, 15) is 35.1 Å². The van der Waals surface area contributed by atoms with Gasteiger partial charge in [0.15, 0.2) is 0 Å². The second-order valence-corrected chi connectivity index (χ2v) is 6.72. The van der Waals surface area contributed by atoms with Crippen LogP contribution in [0.25, 0.3) is 0 Å². The lowest BCUT2D eigenvalue weighted by Crippen LogP contribution is -2.15. The molecular weight excluding hydrogens is 348 g/mol. The van der Waals surface area contributed by atoms with Gasteiger partial charge in [-0.05, 0) is 48.5 Å². The van der Waals surface area contributed by atoms with Gasteiger partial charge in [0.2, 0.25) is 0 Å². The van der Waals surface area contributed by atoms with E-state index in [1.165, 1.54) is 0 Å². The lowest BCUT2D eigenvalue weighted by Gasteiger charge is -2.13. The fraction of sp³-hybridized carbons (Fsp3) is 0.143. The van der Waals surface area contributed by atoms with E-state index in [-0.39, 0.29) is 0 Å². The van der Waals surface area contributed by atoms with Crippen LogP contribution in [0.5, 0.6) is 0 Å². The maximum atomic E-state index is 14.4. The second-order valence-electron chi connectivity index (χ2n) is 4.62. The van der Waals surface area contributed by atoms with Gasteiger partial charge >= 0.3 is 12.4 Å². The third kappa shape index (κ3) is 3.75. The van der Waals surface area contributed by atoms with Crippen molar-refractivity contribution in [2.75, 3.05) is 0 Å². The highest BCUT2D eigenvalue weighted by atomic mass is 31.2. The SMILES string of the molecule is O=P(F)(c1ccc(C(F)(F)F)cc1)c1ccc(C(F)(F)F)cc1. The van der Waals surface area contributed by atoms with E-state index in [1.807, 2.05) is 0 Å². The van der Waals surface area contributed by atoms with Gasteiger partial charge in [-0.2, -0.15) is 30.5 Å². The van der Waals surface area contributed by atoms with Crippen LogP contribution in [-0.2, 0) is 16.9 Å². The molecule has 1 nitrogen and oxygen atoms in total. The molecule has 0 spiro atoms. The van der Waals surface area contributed by atoms with Gasteiger partial charge in [0.05, 0.1) is 11.1 Å². The highest BCUT2D eigenvalue weighted by Gasteiger charge is 2.34. The summed E-state index contributed by atoms with van der Waals surface area (Å²) < 4.78 is 101. The predicted octanol–water partition coefficient (Wildman–Crippen LogP) is 4.92. The van der Waals surface area contributed by atoms with E-state index in [1.54, 1.807) is 0 Å². The first-order valence-electron chi connectivity index (χ1n) is 6.08. The molecule has 23 heavy (non-hydrogen) atoms.